The van der Waals surface area contributed by atoms with Crippen LogP contribution < -0.4 is 46.1 Å². The molecule has 0 saturated carbocycles. The van der Waals surface area contributed by atoms with Gasteiger partial charge in [0.2, 0.25) is 6.54 Å². The molecule has 0 radical (unpaired) electrons. The van der Waals surface area contributed by atoms with Crippen LogP contribution >= 0.6 is 34.8 Å². The lowest BCUT2D eigenvalue weighted by molar-refractivity contribution is -0.138. The molecule has 46 heteroatoms. The molecule has 6 aliphatic heterocycles. The molecule has 734 valence electrons. The number of carbonyl (C=O) groups is 3. The highest BCUT2D eigenvalue weighted by atomic mass is 35.5. The number of nitrogens with two attached hydrogens (primary N) is 3. The average Bonchev–Trinajstić information content (AvgIpc) is 1.26. The lowest BCUT2D eigenvalue weighted by Crippen LogP contribution is -2.56. The van der Waals surface area contributed by atoms with Gasteiger partial charge in [-0.05, 0) is 146 Å². The lowest BCUT2D eigenvalue weighted by Gasteiger charge is -2.40. The van der Waals surface area contributed by atoms with E-state index in [4.69, 9.17) is 72.8 Å². The van der Waals surface area contributed by atoms with Crippen LogP contribution in [0.1, 0.15) is 87.3 Å². The number of fused-ring (bicyclic) bond motifs is 3. The summed E-state index contributed by atoms with van der Waals surface area (Å²) in [4.78, 5) is 94.0. The van der Waals surface area contributed by atoms with E-state index in [1.807, 2.05) is 21.1 Å². The number of aryl methyl sites for hydroxylation is 3. The van der Waals surface area contributed by atoms with E-state index in [0.717, 1.165) is 57.1 Å². The third-order valence-corrected chi connectivity index (χ3v) is 26.0. The van der Waals surface area contributed by atoms with Gasteiger partial charge in [0, 0.05) is 125 Å². The van der Waals surface area contributed by atoms with E-state index < -0.39 is 145 Å². The number of hydrogen-bond donors (Lipinski definition) is 3. The SMILES string of the molecule is C=C(F)C(=O)N1CCN(c2nc(OC[C@@H]3C[C@@H](C)CN3C)nc3c(F)c(-c4nc(N)cc(C)c4C(F)(F)F)c(Cl)cc23)[C@@H](C)C1.C=C(F)C(=O)N1CCN(c2nc(OC[C@@H]3C[C@@H](C)CN3C)nc3c(F)c(-c4nc(N)cc(C)c4C(F)(F)F)c(Cl)cc23)[C@@H](C)C1.[C-]#[N+]CC1CN(c2nc(OCC3CC(C)CN3C)nc3c(F)c(-c4nc(N)cc(C)c4C(F)(F)F)c(Cl)cc23)CCN1C(=O)C(=C)F. The van der Waals surface area contributed by atoms with Gasteiger partial charge in [-0.2, -0.15) is 69.4 Å². The van der Waals surface area contributed by atoms with E-state index in [1.54, 1.807) is 28.5 Å². The van der Waals surface area contributed by atoms with Gasteiger partial charge in [-0.15, -0.1) is 0 Å². The van der Waals surface area contributed by atoms with E-state index >= 15 is 13.2 Å². The van der Waals surface area contributed by atoms with Gasteiger partial charge in [-0.1, -0.05) is 75.3 Å². The number of piperazine rings is 3. The van der Waals surface area contributed by atoms with Crippen LogP contribution in [-0.4, -0.2) is 254 Å². The van der Waals surface area contributed by atoms with Gasteiger partial charge < -0.3 is 65.7 Å². The van der Waals surface area contributed by atoms with Crippen LogP contribution in [-0.2, 0) is 32.9 Å². The van der Waals surface area contributed by atoms with Gasteiger partial charge >= 0.3 is 36.6 Å². The molecule has 6 aromatic heterocycles. The molecule has 3 amide bonds. The molecule has 0 bridgehead atoms. The van der Waals surface area contributed by atoms with Crippen molar-refractivity contribution in [2.24, 2.45) is 17.8 Å². The predicted molar refractivity (Wildman–Crippen MR) is 489 cm³/mol. The fraction of sp³-hybridized carbons (Fsp3) is 0.462. The Morgan fingerprint density at radius 3 is 1.02 bits per heavy atom. The Kier molecular flexibility index (Phi) is 30.4. The molecule has 12 heterocycles. The second-order valence-corrected chi connectivity index (χ2v) is 36.8. The molecule has 9 aromatic rings. The predicted octanol–water partition coefficient (Wildman–Crippen LogP) is 16.8. The summed E-state index contributed by atoms with van der Waals surface area (Å²) in [5.74, 6) is -8.44. The first kappa shape index (κ1) is 103. The van der Waals surface area contributed by atoms with E-state index in [9.17, 15) is 67.1 Å². The number of likely N-dealkylation sites (N-methyl/N-ethyl adjacent to an activating group) is 3. The second kappa shape index (κ2) is 40.7. The molecular weight excluding hydrogens is 1890 g/mol. The molecule has 0 aliphatic carbocycles. The Hall–Kier alpha value is -11.9. The van der Waals surface area contributed by atoms with Crippen molar-refractivity contribution in [2.75, 3.05) is 158 Å². The molecule has 6 N–H and O–H groups in total. The molecular formula is C91H98Cl3F15N22O6. The van der Waals surface area contributed by atoms with Crippen molar-refractivity contribution >= 4 is 120 Å². The van der Waals surface area contributed by atoms with Crippen LogP contribution in [0.25, 0.3) is 71.3 Å². The number of rotatable bonds is 19. The van der Waals surface area contributed by atoms with Crippen molar-refractivity contribution in [3.63, 3.8) is 0 Å². The second-order valence-electron chi connectivity index (χ2n) is 35.6. The first-order chi connectivity index (χ1) is 64.2. The Morgan fingerprint density at radius 2 is 0.745 bits per heavy atom. The van der Waals surface area contributed by atoms with Gasteiger partial charge in [0.1, 0.15) is 77.3 Å². The number of anilines is 6. The Bertz CT molecular complexity index is 6060. The normalized spacial score (nSPS) is 20.9. The van der Waals surface area contributed by atoms with Crippen LogP contribution in [0.2, 0.25) is 15.1 Å². The highest BCUT2D eigenvalue weighted by Crippen LogP contribution is 2.50. The maximum absolute atomic E-state index is 16.6. The fourth-order valence-electron chi connectivity index (χ4n) is 18.9. The maximum atomic E-state index is 16.6. The van der Waals surface area contributed by atoms with Gasteiger partial charge in [-0.25, -0.2) is 47.9 Å². The van der Waals surface area contributed by atoms with Crippen LogP contribution in [0.4, 0.5) is 101 Å². The van der Waals surface area contributed by atoms with Gasteiger partial charge in [0.15, 0.2) is 34.9 Å². The molecule has 28 nitrogen and oxygen atoms in total. The molecule has 3 unspecified atom stereocenters. The minimum atomic E-state index is -4.92. The molecule has 15 rings (SSSR count). The molecule has 137 heavy (non-hydrogen) atoms. The number of halogens is 18. The number of likely N-dealkylation sites (tertiary alicyclic amines) is 3. The van der Waals surface area contributed by atoms with Gasteiger partial charge in [0.25, 0.3) is 17.7 Å². The Morgan fingerprint density at radius 1 is 0.438 bits per heavy atom. The molecule has 6 saturated heterocycles. The number of alkyl halides is 9. The number of ether oxygens (including phenoxy) is 3. The highest BCUT2D eigenvalue weighted by Gasteiger charge is 2.45. The highest BCUT2D eigenvalue weighted by molar-refractivity contribution is 6.35. The number of amides is 3. The van der Waals surface area contributed by atoms with Crippen LogP contribution in [0.3, 0.4) is 0 Å². The fourth-order valence-corrected chi connectivity index (χ4v) is 19.7. The molecule has 6 aliphatic rings. The van der Waals surface area contributed by atoms with Crippen LogP contribution in [0.5, 0.6) is 18.0 Å². The largest absolute Gasteiger partial charge is 0.462 e. The zero-order valence-corrected chi connectivity index (χ0v) is 78.5. The maximum Gasteiger partial charge on any atom is 0.418 e. The van der Waals surface area contributed by atoms with Crippen LogP contribution in [0.15, 0.2) is 73.6 Å². The van der Waals surface area contributed by atoms with Crippen molar-refractivity contribution in [2.45, 2.75) is 129 Å². The summed E-state index contributed by atoms with van der Waals surface area (Å²) in [5.41, 5.74) is 7.82. The third kappa shape index (κ3) is 21.9. The van der Waals surface area contributed by atoms with E-state index in [1.165, 1.54) is 53.7 Å². The first-order valence-electron chi connectivity index (χ1n) is 43.4. The molecule has 0 spiro atoms. The van der Waals surface area contributed by atoms with E-state index in [2.05, 4.69) is 105 Å². The smallest absolute Gasteiger partial charge is 0.418 e. The van der Waals surface area contributed by atoms with Crippen molar-refractivity contribution in [1.82, 2.24) is 74.3 Å². The molecule has 3 aromatic carbocycles. The topological polar surface area (TPSA) is 306 Å². The van der Waals surface area contributed by atoms with E-state index in [-0.39, 0.29) is 216 Å². The minimum Gasteiger partial charge on any atom is -0.462 e. The summed E-state index contributed by atoms with van der Waals surface area (Å²) in [6.07, 6.45) is -12.1. The number of carbonyl (C=O) groups excluding carboxylic acids is 3. The summed E-state index contributed by atoms with van der Waals surface area (Å²) >= 11 is 19.6. The summed E-state index contributed by atoms with van der Waals surface area (Å²) in [6, 6.07) is 4.79. The van der Waals surface area contributed by atoms with E-state index in [0.29, 0.717) is 17.8 Å². The third-order valence-electron chi connectivity index (χ3n) is 25.1. The van der Waals surface area contributed by atoms with Gasteiger partial charge in [0.05, 0.1) is 65.5 Å². The molecule has 9 atom stereocenters. The Labute approximate surface area is 792 Å². The first-order valence-corrected chi connectivity index (χ1v) is 44.5. The molecule has 6 fully saturated rings. The number of pyridine rings is 3. The van der Waals surface area contributed by atoms with Crippen molar-refractivity contribution < 1.29 is 94.5 Å². The number of benzene rings is 3. The Balaban J connectivity index is 0.000000174. The minimum absolute atomic E-state index is 0.00892. The summed E-state index contributed by atoms with van der Waals surface area (Å²) < 4.78 is 237. The monoisotopic (exact) mass is 1980 g/mol. The zero-order valence-electron chi connectivity index (χ0n) is 76.2. The summed E-state index contributed by atoms with van der Waals surface area (Å²) in [6.45, 7) is 33.8. The van der Waals surface area contributed by atoms with Crippen molar-refractivity contribution in [3.8, 4) is 51.8 Å². The van der Waals surface area contributed by atoms with Crippen molar-refractivity contribution in [3.05, 3.63) is 151 Å². The van der Waals surface area contributed by atoms with Crippen LogP contribution in [0, 0.1) is 62.5 Å². The number of hydrogen-bond acceptors (Lipinski definition) is 24. The summed E-state index contributed by atoms with van der Waals surface area (Å²) in [7, 11) is 5.87. The standard InChI is InChI=1S/C31H32ClF5N8O2.2C30H33ClF5N7O2/c1-15-8-18(43(5)12-15)14-47-30-41-26-20(28(42-30)44-6-7-45(29(46)17(3)33)19(13-44)11-39-4)10-21(32)23(25(26)34)27-24(31(35,36)37)16(2)9-22(38)40-27;2*1-14-8-18(41(5)11-14)13-45-29-39-25-19(27(40-29)43-7-6-42(12-16(43)3)28(44)17(4)32)10-20(31)22(24(25)33)26-23(30(34,35)36)15(2)9-21(37)38-26/h9-10,15,18-19H,3,6-8,11-14H2,1-2,5H3,(H2,38,40);2*9-10,14,16,18H,4,6-8,11-13H2,1-3,5H3,(H2,37,38)/t;2*14-,16+,18+/m.11/s1. The quantitative estimate of drug-likeness (QED) is 0.0385. The lowest BCUT2D eigenvalue weighted by atomic mass is 9.99. The van der Waals surface area contributed by atoms with Crippen molar-refractivity contribution in [1.29, 1.82) is 0 Å². The number of nitrogens with zero attached hydrogens (tertiary/aromatic N) is 19. The number of aromatic nitrogens is 9. The number of nitrogen functional groups attached to an aromatic ring is 3. The van der Waals surface area contributed by atoms with Gasteiger partial charge in [-0.3, -0.25) is 29.1 Å². The zero-order chi connectivity index (χ0) is 100. The average molecular weight is 1990 g/mol. The summed E-state index contributed by atoms with van der Waals surface area (Å²) in [5, 5.41) is -0.873.